The first kappa shape index (κ1) is 44.8. The molecule has 5 heterocycles. The Kier molecular flexibility index (Phi) is 16.9. The fourth-order valence-corrected chi connectivity index (χ4v) is 9.16. The van der Waals surface area contributed by atoms with Crippen molar-refractivity contribution >= 4 is 23.9 Å². The molecule has 0 amide bonds. The van der Waals surface area contributed by atoms with Crippen LogP contribution in [0.1, 0.15) is 158 Å². The Balaban J connectivity index is 1.24. The van der Waals surface area contributed by atoms with Crippen molar-refractivity contribution in [3.8, 4) is 0 Å². The normalized spacial score (nSPS) is 42.9. The highest BCUT2D eigenvalue weighted by molar-refractivity contribution is 5.74. The molecule has 56 heavy (non-hydrogen) atoms. The van der Waals surface area contributed by atoms with E-state index in [0.29, 0.717) is 51.4 Å². The zero-order valence-electron chi connectivity index (χ0n) is 35.5. The predicted molar refractivity (Wildman–Crippen MR) is 207 cm³/mol. The third kappa shape index (κ3) is 11.9. The van der Waals surface area contributed by atoms with Crippen LogP contribution in [0, 0.1) is 23.7 Å². The monoisotopic (exact) mass is 793 g/mol. The molecule has 12 nitrogen and oxygen atoms in total. The Bertz CT molecular complexity index is 1100. The van der Waals surface area contributed by atoms with Crippen LogP contribution in [-0.2, 0) is 57.1 Å². The topological polar surface area (TPSA) is 142 Å². The lowest BCUT2D eigenvalue weighted by molar-refractivity contribution is -0.162. The van der Waals surface area contributed by atoms with E-state index in [0.717, 1.165) is 51.4 Å². The van der Waals surface area contributed by atoms with Crippen LogP contribution in [0.25, 0.3) is 0 Å². The molecule has 0 aromatic heterocycles. The Labute approximate surface area is 335 Å². The molecule has 5 saturated heterocycles. The molecular formula is C44H72O12. The smallest absolute Gasteiger partial charge is 0.311 e. The summed E-state index contributed by atoms with van der Waals surface area (Å²) >= 11 is 0. The number of ether oxygens (including phenoxy) is 8. The molecule has 16 atom stereocenters. The van der Waals surface area contributed by atoms with Gasteiger partial charge >= 0.3 is 23.9 Å². The van der Waals surface area contributed by atoms with E-state index in [-0.39, 0.29) is 97.1 Å². The third-order valence-electron chi connectivity index (χ3n) is 13.3. The van der Waals surface area contributed by atoms with E-state index in [4.69, 9.17) is 37.9 Å². The van der Waals surface area contributed by atoms with Crippen molar-refractivity contribution in [2.75, 3.05) is 0 Å². The Morgan fingerprint density at radius 3 is 0.732 bits per heavy atom. The summed E-state index contributed by atoms with van der Waals surface area (Å²) in [6.07, 6.45) is 8.23. The maximum atomic E-state index is 13.4. The molecule has 5 fully saturated rings. The summed E-state index contributed by atoms with van der Waals surface area (Å²) in [5.41, 5.74) is 0. The SMILES string of the molecule is CC[C@@H]1C[C@@H]2CC[C@@H](O2)[C@@H](C)C(=O)O[C@H](CC)C[C@H]2CC[C@H](O2)[C@H](C)C(=O)O[C@@H](CC)C[C@@H]2CC[C@@H](O2)[C@@H](C)C(=O)O[C@H](CC)C[C@H]2CC[C@H](O2)[C@H](C)C(=O)O1. The first-order chi connectivity index (χ1) is 26.8. The van der Waals surface area contributed by atoms with Crippen molar-refractivity contribution in [3.63, 3.8) is 0 Å². The lowest BCUT2D eigenvalue weighted by atomic mass is 9.99. The number of esters is 4. The number of cyclic esters (lactones) is 4. The molecule has 0 aromatic rings. The van der Waals surface area contributed by atoms with Gasteiger partial charge in [-0.05, 0) is 105 Å². The maximum absolute atomic E-state index is 13.4. The average molecular weight is 793 g/mol. The summed E-state index contributed by atoms with van der Waals surface area (Å²) in [7, 11) is 0. The summed E-state index contributed by atoms with van der Waals surface area (Å²) in [6.45, 7) is 15.5. The Hall–Kier alpha value is -2.28. The van der Waals surface area contributed by atoms with Crippen molar-refractivity contribution in [1.82, 2.24) is 0 Å². The average Bonchev–Trinajstić information content (AvgIpc) is 4.03. The van der Waals surface area contributed by atoms with E-state index < -0.39 is 23.7 Å². The zero-order chi connectivity index (χ0) is 40.5. The summed E-state index contributed by atoms with van der Waals surface area (Å²) < 4.78 is 49.6. The molecular weight excluding hydrogens is 720 g/mol. The fraction of sp³-hybridized carbons (Fsp3) is 0.909. The number of hydrogen-bond donors (Lipinski definition) is 0. The molecule has 0 spiro atoms. The van der Waals surface area contributed by atoms with Crippen LogP contribution < -0.4 is 0 Å². The van der Waals surface area contributed by atoms with Crippen LogP contribution in [0.5, 0.6) is 0 Å². The molecule has 5 rings (SSSR count). The van der Waals surface area contributed by atoms with E-state index in [2.05, 4.69) is 0 Å². The number of rotatable bonds is 4. The van der Waals surface area contributed by atoms with Gasteiger partial charge in [-0.15, -0.1) is 0 Å². The molecule has 0 saturated carbocycles. The molecule has 0 unspecified atom stereocenters. The van der Waals surface area contributed by atoms with Crippen LogP contribution in [0.2, 0.25) is 0 Å². The predicted octanol–water partition coefficient (Wildman–Crippen LogP) is 7.58. The van der Waals surface area contributed by atoms with E-state index in [1.165, 1.54) is 0 Å². The van der Waals surface area contributed by atoms with Gasteiger partial charge in [-0.3, -0.25) is 19.2 Å². The fourth-order valence-electron chi connectivity index (χ4n) is 9.16. The Morgan fingerprint density at radius 1 is 0.357 bits per heavy atom. The lowest BCUT2D eigenvalue weighted by Crippen LogP contribution is -2.35. The first-order valence-corrected chi connectivity index (χ1v) is 22.3. The van der Waals surface area contributed by atoms with E-state index in [1.807, 2.05) is 55.4 Å². The second-order valence-electron chi connectivity index (χ2n) is 17.5. The molecule has 8 bridgehead atoms. The quantitative estimate of drug-likeness (QED) is 0.205. The molecule has 0 N–H and O–H groups in total. The highest BCUT2D eigenvalue weighted by Gasteiger charge is 2.41. The third-order valence-corrected chi connectivity index (χ3v) is 13.3. The van der Waals surface area contributed by atoms with Gasteiger partial charge in [0.25, 0.3) is 0 Å². The van der Waals surface area contributed by atoms with E-state index in [9.17, 15) is 19.2 Å². The summed E-state index contributed by atoms with van der Waals surface area (Å²) in [4.78, 5) is 53.5. The molecule has 5 aliphatic heterocycles. The van der Waals surface area contributed by atoms with Crippen molar-refractivity contribution in [1.29, 1.82) is 0 Å². The summed E-state index contributed by atoms with van der Waals surface area (Å²) in [5, 5.41) is 0. The van der Waals surface area contributed by atoms with Crippen molar-refractivity contribution in [3.05, 3.63) is 0 Å². The minimum absolute atomic E-state index is 0.116. The molecule has 12 heteroatoms. The molecule has 0 aliphatic carbocycles. The van der Waals surface area contributed by atoms with Crippen LogP contribution in [0.15, 0.2) is 0 Å². The molecule has 0 radical (unpaired) electrons. The van der Waals surface area contributed by atoms with Crippen molar-refractivity contribution in [2.24, 2.45) is 23.7 Å². The second kappa shape index (κ2) is 21.1. The number of hydrogen-bond acceptors (Lipinski definition) is 12. The van der Waals surface area contributed by atoms with Crippen molar-refractivity contribution in [2.45, 2.75) is 231 Å². The number of carbonyl (C=O) groups excluding carboxylic acids is 4. The minimum Gasteiger partial charge on any atom is -0.462 e. The minimum atomic E-state index is -0.434. The highest BCUT2D eigenvalue weighted by Crippen LogP contribution is 2.35. The van der Waals surface area contributed by atoms with Crippen LogP contribution in [-0.4, -0.2) is 97.1 Å². The summed E-state index contributed by atoms with van der Waals surface area (Å²) in [6, 6.07) is 0. The lowest BCUT2D eigenvalue weighted by Gasteiger charge is -2.27. The first-order valence-electron chi connectivity index (χ1n) is 22.3. The molecule has 5 aliphatic rings. The van der Waals surface area contributed by atoms with Gasteiger partial charge in [0.15, 0.2) is 0 Å². The van der Waals surface area contributed by atoms with E-state index in [1.54, 1.807) is 0 Å². The zero-order valence-corrected chi connectivity index (χ0v) is 35.5. The van der Waals surface area contributed by atoms with Crippen molar-refractivity contribution < 1.29 is 57.1 Å². The van der Waals surface area contributed by atoms with Crippen LogP contribution in [0.4, 0.5) is 0 Å². The maximum Gasteiger partial charge on any atom is 0.311 e. The largest absolute Gasteiger partial charge is 0.462 e. The van der Waals surface area contributed by atoms with Gasteiger partial charge in [0, 0.05) is 25.7 Å². The second-order valence-corrected chi connectivity index (χ2v) is 17.5. The van der Waals surface area contributed by atoms with Gasteiger partial charge in [0.05, 0.1) is 72.5 Å². The van der Waals surface area contributed by atoms with Gasteiger partial charge in [0.1, 0.15) is 24.4 Å². The standard InChI is InChI=1S/C44H72O12/c1-9-29-21-33-13-17-38(49-33)26(6)42(46)54-31(11-3)23-35-15-19-40(51-35)28(8)44(48)56-32(12-4)24-36-16-20-39(52-36)27(7)43(47)55-30(10-2)22-34-14-18-37(50-34)25(5)41(45)53-29/h25-40H,9-24H2,1-8H3/t25-,26+,27+,28-,29-,30-,31+,32-,33-,34+,35+,36-,37-,38+,39+,40-/m1/s1. The molecule has 320 valence electrons. The molecule has 0 aromatic carbocycles. The van der Waals surface area contributed by atoms with Gasteiger partial charge in [-0.2, -0.15) is 0 Å². The highest BCUT2D eigenvalue weighted by atomic mass is 16.6. The number of fused-ring (bicyclic) bond motifs is 8. The van der Waals surface area contributed by atoms with E-state index >= 15 is 0 Å². The summed E-state index contributed by atoms with van der Waals surface area (Å²) in [5.74, 6) is -2.83. The van der Waals surface area contributed by atoms with Crippen LogP contribution in [0.3, 0.4) is 0 Å². The van der Waals surface area contributed by atoms with Gasteiger partial charge in [-0.1, -0.05) is 27.7 Å². The van der Waals surface area contributed by atoms with Gasteiger partial charge < -0.3 is 37.9 Å². The Morgan fingerprint density at radius 2 is 0.554 bits per heavy atom. The number of carbonyl (C=O) groups is 4. The van der Waals surface area contributed by atoms with Gasteiger partial charge in [-0.25, -0.2) is 0 Å². The van der Waals surface area contributed by atoms with Gasteiger partial charge in [0.2, 0.25) is 0 Å². The van der Waals surface area contributed by atoms with Crippen LogP contribution >= 0.6 is 0 Å².